The monoisotopic (exact) mass is 276 g/mol. The van der Waals surface area contributed by atoms with Crippen LogP contribution in [0.5, 0.6) is 5.75 Å². The van der Waals surface area contributed by atoms with Gasteiger partial charge in [0.05, 0.1) is 0 Å². The van der Waals surface area contributed by atoms with Crippen molar-refractivity contribution < 1.29 is 5.11 Å². The Bertz CT molecular complexity index is 396. The van der Waals surface area contributed by atoms with E-state index in [4.69, 9.17) is 0 Å². The molecule has 0 radical (unpaired) electrons. The van der Waals surface area contributed by atoms with E-state index in [1.54, 1.807) is 12.1 Å². The molecule has 2 rings (SSSR count). The quantitative estimate of drug-likeness (QED) is 0.894. The molecule has 1 unspecified atom stereocenters. The summed E-state index contributed by atoms with van der Waals surface area (Å²) in [6, 6.07) is 8.84. The largest absolute Gasteiger partial charge is 0.508 e. The van der Waals surface area contributed by atoms with Gasteiger partial charge in [0.1, 0.15) is 5.75 Å². The van der Waals surface area contributed by atoms with Gasteiger partial charge in [0.15, 0.2) is 0 Å². The maximum absolute atomic E-state index is 9.44. The molecule has 1 heterocycles. The van der Waals surface area contributed by atoms with Crippen LogP contribution in [-0.2, 0) is 0 Å². The van der Waals surface area contributed by atoms with Crippen molar-refractivity contribution >= 4 is 0 Å². The molecule has 1 atom stereocenters. The average molecular weight is 276 g/mol. The van der Waals surface area contributed by atoms with Crippen LogP contribution in [0.15, 0.2) is 24.3 Å². The van der Waals surface area contributed by atoms with E-state index < -0.39 is 0 Å². The molecule has 1 aliphatic rings. The molecule has 1 aliphatic heterocycles. The Hall–Kier alpha value is -1.06. The minimum Gasteiger partial charge on any atom is -0.508 e. The summed E-state index contributed by atoms with van der Waals surface area (Å²) in [6.07, 6.45) is 3.63. The first-order chi connectivity index (χ1) is 9.65. The summed E-state index contributed by atoms with van der Waals surface area (Å²) < 4.78 is 0. The third-order valence-corrected chi connectivity index (χ3v) is 4.74. The minimum absolute atomic E-state index is 0.350. The second-order valence-electron chi connectivity index (χ2n) is 5.85. The molecule has 1 N–H and O–H groups in total. The Morgan fingerprint density at radius 1 is 1.20 bits per heavy atom. The predicted octanol–water partition coefficient (Wildman–Crippen LogP) is 3.26. The zero-order valence-corrected chi connectivity index (χ0v) is 13.0. The molecule has 3 heteroatoms. The Morgan fingerprint density at radius 3 is 2.30 bits per heavy atom. The average Bonchev–Trinajstić information content (AvgIpc) is 2.50. The van der Waals surface area contributed by atoms with Crippen molar-refractivity contribution in [3.05, 3.63) is 29.8 Å². The zero-order valence-electron chi connectivity index (χ0n) is 13.0. The standard InChI is InChI=1S/C17H28N2O/c1-4-17(14-6-8-16(20)9-7-14)18(3)15-10-12-19(5-2)13-11-15/h6-9,15,17,20H,4-5,10-13H2,1-3H3. The van der Waals surface area contributed by atoms with Crippen LogP contribution in [0.1, 0.15) is 44.7 Å². The van der Waals surface area contributed by atoms with E-state index in [1.807, 2.05) is 0 Å². The number of nitrogens with zero attached hydrogens (tertiary/aromatic N) is 2. The summed E-state index contributed by atoms with van der Waals surface area (Å²) in [4.78, 5) is 5.07. The molecule has 0 aliphatic carbocycles. The SMILES string of the molecule is CCC(c1ccc(O)cc1)N(C)C1CCN(CC)CC1. The molecule has 0 saturated carbocycles. The summed E-state index contributed by atoms with van der Waals surface area (Å²) in [5.41, 5.74) is 1.31. The molecule has 20 heavy (non-hydrogen) atoms. The molecule has 1 saturated heterocycles. The maximum Gasteiger partial charge on any atom is 0.115 e. The first kappa shape index (κ1) is 15.3. The second-order valence-corrected chi connectivity index (χ2v) is 5.85. The molecule has 0 spiro atoms. The normalized spacial score (nSPS) is 19.4. The molecule has 3 nitrogen and oxygen atoms in total. The van der Waals surface area contributed by atoms with Crippen LogP contribution in [0.25, 0.3) is 0 Å². The van der Waals surface area contributed by atoms with Crippen molar-refractivity contribution in [1.82, 2.24) is 9.80 Å². The first-order valence-corrected chi connectivity index (χ1v) is 7.88. The predicted molar refractivity (Wildman–Crippen MR) is 84.0 cm³/mol. The lowest BCUT2D eigenvalue weighted by Crippen LogP contribution is -2.44. The van der Waals surface area contributed by atoms with Gasteiger partial charge in [0, 0.05) is 12.1 Å². The van der Waals surface area contributed by atoms with Crippen molar-refractivity contribution in [1.29, 1.82) is 0 Å². The van der Waals surface area contributed by atoms with E-state index >= 15 is 0 Å². The van der Waals surface area contributed by atoms with Gasteiger partial charge in [0.2, 0.25) is 0 Å². The highest BCUT2D eigenvalue weighted by atomic mass is 16.3. The van der Waals surface area contributed by atoms with Gasteiger partial charge in [-0.15, -0.1) is 0 Å². The van der Waals surface area contributed by atoms with Crippen molar-refractivity contribution in [3.8, 4) is 5.75 Å². The number of hydrogen-bond acceptors (Lipinski definition) is 3. The molecule has 0 aromatic heterocycles. The van der Waals surface area contributed by atoms with Gasteiger partial charge in [-0.1, -0.05) is 26.0 Å². The number of benzene rings is 1. The molecular weight excluding hydrogens is 248 g/mol. The van der Waals surface area contributed by atoms with Gasteiger partial charge in [-0.3, -0.25) is 4.90 Å². The van der Waals surface area contributed by atoms with Crippen LogP contribution in [0.3, 0.4) is 0 Å². The number of aromatic hydroxyl groups is 1. The van der Waals surface area contributed by atoms with Crippen LogP contribution in [0.4, 0.5) is 0 Å². The van der Waals surface area contributed by atoms with Crippen LogP contribution in [0, 0.1) is 0 Å². The van der Waals surface area contributed by atoms with Gasteiger partial charge in [-0.05, 0) is 63.6 Å². The van der Waals surface area contributed by atoms with E-state index in [0.717, 1.165) is 6.42 Å². The molecule has 112 valence electrons. The van der Waals surface area contributed by atoms with Crippen LogP contribution in [-0.4, -0.2) is 47.6 Å². The summed E-state index contributed by atoms with van der Waals surface area (Å²) in [6.45, 7) is 8.10. The highest BCUT2D eigenvalue weighted by molar-refractivity contribution is 5.28. The molecule has 1 aromatic rings. The second kappa shape index (κ2) is 7.09. The number of piperidine rings is 1. The number of hydrogen-bond donors (Lipinski definition) is 1. The van der Waals surface area contributed by atoms with E-state index in [1.165, 1.54) is 38.0 Å². The van der Waals surface area contributed by atoms with Crippen LogP contribution < -0.4 is 0 Å². The molecule has 1 fully saturated rings. The topological polar surface area (TPSA) is 26.7 Å². The van der Waals surface area contributed by atoms with Gasteiger partial charge in [-0.25, -0.2) is 0 Å². The van der Waals surface area contributed by atoms with Gasteiger partial charge in [-0.2, -0.15) is 0 Å². The number of likely N-dealkylation sites (tertiary alicyclic amines) is 1. The number of phenolic OH excluding ortho intramolecular Hbond substituents is 1. The van der Waals surface area contributed by atoms with Gasteiger partial charge >= 0.3 is 0 Å². The van der Waals surface area contributed by atoms with Crippen molar-refractivity contribution in [3.63, 3.8) is 0 Å². The van der Waals surface area contributed by atoms with Gasteiger partial charge in [0.25, 0.3) is 0 Å². The summed E-state index contributed by atoms with van der Waals surface area (Å²) in [5, 5.41) is 9.44. The lowest BCUT2D eigenvalue weighted by Gasteiger charge is -2.40. The number of rotatable bonds is 5. The Morgan fingerprint density at radius 2 is 1.80 bits per heavy atom. The zero-order chi connectivity index (χ0) is 14.5. The molecule has 1 aromatic carbocycles. The van der Waals surface area contributed by atoms with E-state index in [9.17, 15) is 5.11 Å². The highest BCUT2D eigenvalue weighted by Gasteiger charge is 2.26. The van der Waals surface area contributed by atoms with Crippen molar-refractivity contribution in [2.45, 2.75) is 45.2 Å². The summed E-state index contributed by atoms with van der Waals surface area (Å²) >= 11 is 0. The van der Waals surface area contributed by atoms with Crippen LogP contribution in [0.2, 0.25) is 0 Å². The maximum atomic E-state index is 9.44. The molecule has 0 bridgehead atoms. The third-order valence-electron chi connectivity index (χ3n) is 4.74. The van der Waals surface area contributed by atoms with Gasteiger partial charge < -0.3 is 10.0 Å². The van der Waals surface area contributed by atoms with Crippen LogP contribution >= 0.6 is 0 Å². The Kier molecular flexibility index (Phi) is 5.44. The fourth-order valence-corrected chi connectivity index (χ4v) is 3.35. The minimum atomic E-state index is 0.350. The van der Waals surface area contributed by atoms with E-state index in [-0.39, 0.29) is 0 Å². The fraction of sp³-hybridized carbons (Fsp3) is 0.647. The molecular formula is C17H28N2O. The molecule has 0 amide bonds. The highest BCUT2D eigenvalue weighted by Crippen LogP contribution is 2.29. The first-order valence-electron chi connectivity index (χ1n) is 7.88. The third kappa shape index (κ3) is 3.53. The lowest BCUT2D eigenvalue weighted by molar-refractivity contribution is 0.0963. The van der Waals surface area contributed by atoms with Crippen molar-refractivity contribution in [2.75, 3.05) is 26.7 Å². The fourth-order valence-electron chi connectivity index (χ4n) is 3.35. The van der Waals surface area contributed by atoms with Crippen molar-refractivity contribution in [2.24, 2.45) is 0 Å². The number of phenols is 1. The Balaban J connectivity index is 2.02. The Labute approximate surface area is 123 Å². The lowest BCUT2D eigenvalue weighted by atomic mass is 9.97. The summed E-state index contributed by atoms with van der Waals surface area (Å²) in [7, 11) is 2.26. The van der Waals surface area contributed by atoms with E-state index in [0.29, 0.717) is 17.8 Å². The smallest absolute Gasteiger partial charge is 0.115 e. The summed E-state index contributed by atoms with van der Waals surface area (Å²) in [5.74, 6) is 0.350. The van der Waals surface area contributed by atoms with E-state index in [2.05, 4.69) is 42.8 Å².